The van der Waals surface area contributed by atoms with E-state index in [0.29, 0.717) is 13.0 Å². The Balaban J connectivity index is 1.54. The summed E-state index contributed by atoms with van der Waals surface area (Å²) in [6, 6.07) is 21.0. The van der Waals surface area contributed by atoms with E-state index in [2.05, 4.69) is 76.2 Å². The molecule has 1 aliphatic carbocycles. The fraction of sp³-hybridized carbons (Fsp3) is 0.448. The lowest BCUT2D eigenvalue weighted by Crippen LogP contribution is -2.67. The number of alkyl halides is 3. The van der Waals surface area contributed by atoms with E-state index >= 15 is 0 Å². The van der Waals surface area contributed by atoms with E-state index in [1.165, 1.54) is 22.5 Å². The van der Waals surface area contributed by atoms with E-state index in [9.17, 15) is 13.2 Å². The first-order valence-corrected chi connectivity index (χ1v) is 14.3. The molecule has 0 spiro atoms. The van der Waals surface area contributed by atoms with Gasteiger partial charge in [0.2, 0.25) is 0 Å². The molecule has 4 rings (SSSR count). The van der Waals surface area contributed by atoms with Crippen molar-refractivity contribution < 1.29 is 22.3 Å². The minimum Gasteiger partial charge on any atom is -0.405 e. The zero-order valence-electron chi connectivity index (χ0n) is 20.9. The number of hydrogen-bond acceptors (Lipinski definition) is 2. The molecule has 2 aromatic carbocycles. The molecule has 4 atom stereocenters. The Morgan fingerprint density at radius 2 is 1.51 bits per heavy atom. The maximum absolute atomic E-state index is 13.0. The van der Waals surface area contributed by atoms with Gasteiger partial charge < -0.3 is 9.16 Å². The van der Waals surface area contributed by atoms with Gasteiger partial charge in [-0.05, 0) is 34.2 Å². The van der Waals surface area contributed by atoms with Gasteiger partial charge in [-0.2, -0.15) is 13.2 Å². The van der Waals surface area contributed by atoms with Crippen LogP contribution < -0.4 is 10.4 Å². The molecule has 1 fully saturated rings. The van der Waals surface area contributed by atoms with Crippen molar-refractivity contribution in [3.8, 4) is 0 Å². The van der Waals surface area contributed by atoms with E-state index in [4.69, 9.17) is 9.16 Å². The number of hydrogen-bond donors (Lipinski definition) is 0. The van der Waals surface area contributed by atoms with Crippen LogP contribution in [0.3, 0.4) is 0 Å². The largest absolute Gasteiger partial charge is 0.416 e. The molecular formula is C29H35F3O2Si. The topological polar surface area (TPSA) is 18.5 Å². The zero-order valence-corrected chi connectivity index (χ0v) is 21.9. The number of halogens is 3. The Kier molecular flexibility index (Phi) is 7.46. The van der Waals surface area contributed by atoms with Crippen LogP contribution in [0.5, 0.6) is 0 Å². The second-order valence-corrected chi connectivity index (χ2v) is 15.1. The molecule has 188 valence electrons. The molecule has 1 unspecified atom stereocenters. The van der Waals surface area contributed by atoms with Crippen LogP contribution in [0.1, 0.15) is 40.5 Å². The number of benzene rings is 2. The van der Waals surface area contributed by atoms with Crippen LogP contribution in [0.4, 0.5) is 13.2 Å². The number of rotatable bonds is 6. The molecule has 1 aliphatic heterocycles. The Morgan fingerprint density at radius 3 is 1.97 bits per heavy atom. The van der Waals surface area contributed by atoms with Crippen LogP contribution in [0, 0.1) is 11.8 Å². The summed E-state index contributed by atoms with van der Waals surface area (Å²) in [5.41, 5.74) is -0.564. The van der Waals surface area contributed by atoms with Crippen LogP contribution in [-0.4, -0.2) is 33.3 Å². The lowest BCUT2D eigenvalue weighted by molar-refractivity contribution is -0.0890. The molecule has 1 saturated heterocycles. The normalized spacial score (nSPS) is 25.5. The average Bonchev–Trinajstić information content (AvgIpc) is 3.20. The SMILES string of the molecule is C[C@H]1C[C@H](C2C=CC(C(F)(F)F)=CC2)O[C@@H]1CO[Si](c1ccccc1)(c1ccccc1)C(C)(C)C. The van der Waals surface area contributed by atoms with Gasteiger partial charge >= 0.3 is 6.18 Å². The average molecular weight is 501 g/mol. The van der Waals surface area contributed by atoms with Crippen molar-refractivity contribution >= 4 is 18.7 Å². The summed E-state index contributed by atoms with van der Waals surface area (Å²) in [5.74, 6) is 0.223. The summed E-state index contributed by atoms with van der Waals surface area (Å²) < 4.78 is 52.5. The van der Waals surface area contributed by atoms with Crippen molar-refractivity contribution in [1.29, 1.82) is 0 Å². The van der Waals surface area contributed by atoms with Crippen LogP contribution in [0.25, 0.3) is 0 Å². The standard InChI is InChI=1S/C29H35F3O2Si/c1-21-19-26(22-15-17-23(18-16-22)29(30,31)32)34-27(21)20-33-35(28(2,3)4,24-11-7-5-8-12-24)25-13-9-6-10-14-25/h5-15,17-18,21-22,26-27H,16,19-20H2,1-4H3/t21-,22?,26+,27+/m0/s1. The maximum Gasteiger partial charge on any atom is 0.416 e. The third-order valence-electron chi connectivity index (χ3n) is 7.41. The minimum atomic E-state index is -4.29. The van der Waals surface area contributed by atoms with Crippen molar-refractivity contribution in [3.63, 3.8) is 0 Å². The number of allylic oxidation sites excluding steroid dienone is 3. The first-order chi connectivity index (χ1) is 16.5. The van der Waals surface area contributed by atoms with Gasteiger partial charge in [0.25, 0.3) is 8.32 Å². The smallest absolute Gasteiger partial charge is 0.405 e. The molecule has 1 heterocycles. The molecule has 0 amide bonds. The molecule has 6 heteroatoms. The molecule has 35 heavy (non-hydrogen) atoms. The highest BCUT2D eigenvalue weighted by Gasteiger charge is 2.51. The predicted molar refractivity (Wildman–Crippen MR) is 137 cm³/mol. The monoisotopic (exact) mass is 500 g/mol. The minimum absolute atomic E-state index is 0.0404. The Morgan fingerprint density at radius 1 is 0.943 bits per heavy atom. The highest BCUT2D eigenvalue weighted by Crippen LogP contribution is 2.40. The molecule has 0 radical (unpaired) electrons. The fourth-order valence-corrected chi connectivity index (χ4v) is 10.1. The summed E-state index contributed by atoms with van der Waals surface area (Å²) in [5, 5.41) is 2.32. The van der Waals surface area contributed by atoms with Gasteiger partial charge in [-0.15, -0.1) is 0 Å². The third kappa shape index (κ3) is 5.35. The predicted octanol–water partition coefficient (Wildman–Crippen LogP) is 6.42. The summed E-state index contributed by atoms with van der Waals surface area (Å²) >= 11 is 0. The van der Waals surface area contributed by atoms with E-state index in [1.54, 1.807) is 6.08 Å². The first kappa shape index (κ1) is 25.9. The second-order valence-electron chi connectivity index (χ2n) is 10.8. The van der Waals surface area contributed by atoms with E-state index < -0.39 is 20.1 Å². The van der Waals surface area contributed by atoms with Crippen LogP contribution in [0.2, 0.25) is 5.04 Å². The van der Waals surface area contributed by atoms with Crippen LogP contribution in [-0.2, 0) is 9.16 Å². The lowest BCUT2D eigenvalue weighted by atomic mass is 9.88. The number of ether oxygens (including phenoxy) is 1. The van der Waals surface area contributed by atoms with E-state index in [-0.39, 0.29) is 29.1 Å². The van der Waals surface area contributed by atoms with Gasteiger partial charge in [0, 0.05) is 5.92 Å². The second kappa shape index (κ2) is 10.1. The first-order valence-electron chi connectivity index (χ1n) is 12.4. The van der Waals surface area contributed by atoms with Gasteiger partial charge in [0.15, 0.2) is 0 Å². The quantitative estimate of drug-likeness (QED) is 0.426. The van der Waals surface area contributed by atoms with Crippen LogP contribution in [0.15, 0.2) is 84.5 Å². The molecule has 0 saturated carbocycles. The molecule has 2 aliphatic rings. The molecule has 0 N–H and O–H groups in total. The van der Waals surface area contributed by atoms with Gasteiger partial charge in [-0.1, -0.05) is 107 Å². The molecule has 0 aromatic heterocycles. The summed E-state index contributed by atoms with van der Waals surface area (Å²) in [6.45, 7) is 9.36. The van der Waals surface area contributed by atoms with Crippen molar-refractivity contribution in [3.05, 3.63) is 84.5 Å². The summed E-state index contributed by atoms with van der Waals surface area (Å²) in [4.78, 5) is 0. The third-order valence-corrected chi connectivity index (χ3v) is 12.4. The van der Waals surface area contributed by atoms with Gasteiger partial charge in [0.1, 0.15) is 0 Å². The summed E-state index contributed by atoms with van der Waals surface area (Å²) in [6.07, 6.45) is 0.856. The van der Waals surface area contributed by atoms with Crippen molar-refractivity contribution in [1.82, 2.24) is 0 Å². The van der Waals surface area contributed by atoms with E-state index in [0.717, 1.165) is 6.42 Å². The molecule has 2 nitrogen and oxygen atoms in total. The highest BCUT2D eigenvalue weighted by molar-refractivity contribution is 6.99. The van der Waals surface area contributed by atoms with Crippen molar-refractivity contribution in [2.24, 2.45) is 11.8 Å². The fourth-order valence-electron chi connectivity index (χ4n) is 5.50. The Hall–Kier alpha value is -2.15. The van der Waals surface area contributed by atoms with Crippen LogP contribution >= 0.6 is 0 Å². The molecule has 0 bridgehead atoms. The molecule has 2 aromatic rings. The Bertz CT molecular complexity index is 1000. The van der Waals surface area contributed by atoms with Gasteiger partial charge in [-0.25, -0.2) is 0 Å². The molecular weight excluding hydrogens is 465 g/mol. The van der Waals surface area contributed by atoms with Crippen molar-refractivity contribution in [2.45, 2.75) is 64.0 Å². The maximum atomic E-state index is 13.0. The Labute approximate surface area is 208 Å². The van der Waals surface area contributed by atoms with Gasteiger partial charge in [-0.3, -0.25) is 0 Å². The highest BCUT2D eigenvalue weighted by atomic mass is 28.4. The van der Waals surface area contributed by atoms with Gasteiger partial charge in [0.05, 0.1) is 24.4 Å². The van der Waals surface area contributed by atoms with Crippen molar-refractivity contribution in [2.75, 3.05) is 6.61 Å². The van der Waals surface area contributed by atoms with E-state index in [1.807, 2.05) is 12.1 Å². The lowest BCUT2D eigenvalue weighted by Gasteiger charge is -2.43. The zero-order chi connectivity index (χ0) is 25.3. The summed E-state index contributed by atoms with van der Waals surface area (Å²) in [7, 11) is -2.67.